The molecule has 1 saturated heterocycles. The number of nitrogens with one attached hydrogen (secondary N) is 1. The molecular formula is C17H23N3O4S2. The van der Waals surface area contributed by atoms with E-state index in [4.69, 9.17) is 0 Å². The number of nitrogens with zero attached hydrogens (tertiary/aromatic N) is 2. The molecule has 7 nitrogen and oxygen atoms in total. The first-order valence-corrected chi connectivity index (χ1v) is 11.7. The first-order valence-electron chi connectivity index (χ1n) is 8.36. The Balaban J connectivity index is 1.96. The number of sulfone groups is 1. The van der Waals surface area contributed by atoms with Crippen LogP contribution in [0.2, 0.25) is 0 Å². The van der Waals surface area contributed by atoms with Gasteiger partial charge in [-0.1, -0.05) is 6.07 Å². The van der Waals surface area contributed by atoms with Crippen molar-refractivity contribution in [2.45, 2.75) is 45.1 Å². The fraction of sp³-hybridized carbons (Fsp3) is 0.471. The van der Waals surface area contributed by atoms with Gasteiger partial charge in [0.05, 0.1) is 28.9 Å². The summed E-state index contributed by atoms with van der Waals surface area (Å²) in [6.07, 6.45) is 0.453. The summed E-state index contributed by atoms with van der Waals surface area (Å²) >= 11 is 0. The van der Waals surface area contributed by atoms with E-state index < -0.39 is 19.9 Å². The maximum Gasteiger partial charge on any atom is 0.265 e. The highest BCUT2D eigenvalue weighted by Gasteiger charge is 2.33. The van der Waals surface area contributed by atoms with Gasteiger partial charge >= 0.3 is 0 Å². The second-order valence-electron chi connectivity index (χ2n) is 6.91. The van der Waals surface area contributed by atoms with Crippen molar-refractivity contribution in [2.24, 2.45) is 0 Å². The third-order valence-corrected chi connectivity index (χ3v) is 8.22. The molecule has 0 amide bonds. The number of rotatable bonds is 4. The van der Waals surface area contributed by atoms with Gasteiger partial charge < -0.3 is 0 Å². The van der Waals surface area contributed by atoms with Crippen LogP contribution in [0.5, 0.6) is 0 Å². The molecule has 1 atom stereocenters. The molecule has 2 heterocycles. The Kier molecular flexibility index (Phi) is 4.64. The molecule has 1 aliphatic rings. The lowest BCUT2D eigenvalue weighted by Crippen LogP contribution is -2.17. The van der Waals surface area contributed by atoms with Gasteiger partial charge in [-0.15, -0.1) is 0 Å². The summed E-state index contributed by atoms with van der Waals surface area (Å²) in [5.41, 5.74) is 3.38. The van der Waals surface area contributed by atoms with Crippen LogP contribution in [0.4, 0.5) is 5.69 Å². The summed E-state index contributed by atoms with van der Waals surface area (Å²) in [5, 5.41) is 4.33. The largest absolute Gasteiger partial charge is 0.280 e. The van der Waals surface area contributed by atoms with E-state index in [1.807, 2.05) is 19.9 Å². The van der Waals surface area contributed by atoms with Crippen molar-refractivity contribution in [1.82, 2.24) is 9.78 Å². The Bertz CT molecular complexity index is 1070. The SMILES string of the molecule is Cc1ccc(NS(=O)(=O)c2c(C)nn([C@@H]3CCS(=O)(=O)C3)c2C)cc1C. The first kappa shape index (κ1) is 18.9. The fourth-order valence-corrected chi connectivity index (χ4v) is 6.52. The average molecular weight is 398 g/mol. The van der Waals surface area contributed by atoms with Gasteiger partial charge in [0.15, 0.2) is 9.84 Å². The smallest absolute Gasteiger partial charge is 0.265 e. The number of sulfonamides is 1. The van der Waals surface area contributed by atoms with Crippen LogP contribution in [0.15, 0.2) is 23.1 Å². The normalized spacial score (nSPS) is 19.6. The zero-order chi connectivity index (χ0) is 19.3. The molecule has 0 spiro atoms. The van der Waals surface area contributed by atoms with E-state index in [1.54, 1.807) is 30.7 Å². The zero-order valence-corrected chi connectivity index (χ0v) is 16.9. The first-order chi connectivity index (χ1) is 12.0. The molecule has 1 aromatic carbocycles. The lowest BCUT2D eigenvalue weighted by atomic mass is 10.1. The molecule has 0 radical (unpaired) electrons. The van der Waals surface area contributed by atoms with Crippen LogP contribution in [0.1, 0.15) is 35.0 Å². The molecule has 9 heteroatoms. The van der Waals surface area contributed by atoms with E-state index in [-0.39, 0.29) is 22.4 Å². The van der Waals surface area contributed by atoms with Gasteiger partial charge in [-0.05, 0) is 57.4 Å². The molecule has 0 unspecified atom stereocenters. The highest BCUT2D eigenvalue weighted by atomic mass is 32.2. The monoisotopic (exact) mass is 397 g/mol. The Labute approximate surface area is 154 Å². The Morgan fingerprint density at radius 1 is 1.15 bits per heavy atom. The van der Waals surface area contributed by atoms with Gasteiger partial charge in [0.25, 0.3) is 10.0 Å². The second kappa shape index (κ2) is 6.38. The van der Waals surface area contributed by atoms with Crippen molar-refractivity contribution in [3.8, 4) is 0 Å². The van der Waals surface area contributed by atoms with Crippen LogP contribution in [0.25, 0.3) is 0 Å². The van der Waals surface area contributed by atoms with Crippen molar-refractivity contribution < 1.29 is 16.8 Å². The lowest BCUT2D eigenvalue weighted by Gasteiger charge is -2.13. The quantitative estimate of drug-likeness (QED) is 0.853. The van der Waals surface area contributed by atoms with Gasteiger partial charge in [0, 0.05) is 5.69 Å². The lowest BCUT2D eigenvalue weighted by molar-refractivity contribution is 0.484. The standard InChI is InChI=1S/C17H23N3O4S2/c1-11-5-6-15(9-12(11)2)19-26(23,24)17-13(3)18-20(14(17)4)16-7-8-25(21,22)10-16/h5-6,9,16,19H,7-8,10H2,1-4H3/t16-/m1/s1. The number of hydrogen-bond donors (Lipinski definition) is 1. The van der Waals surface area contributed by atoms with Crippen LogP contribution in [0, 0.1) is 27.7 Å². The zero-order valence-electron chi connectivity index (χ0n) is 15.3. The topological polar surface area (TPSA) is 98.1 Å². The molecule has 26 heavy (non-hydrogen) atoms. The van der Waals surface area contributed by atoms with Crippen molar-refractivity contribution in [3.05, 3.63) is 40.7 Å². The van der Waals surface area contributed by atoms with Crippen molar-refractivity contribution in [2.75, 3.05) is 16.2 Å². The van der Waals surface area contributed by atoms with E-state index in [0.717, 1.165) is 11.1 Å². The maximum absolute atomic E-state index is 12.9. The Morgan fingerprint density at radius 3 is 2.42 bits per heavy atom. The Hall–Kier alpha value is -1.87. The number of hydrogen-bond acceptors (Lipinski definition) is 5. The maximum atomic E-state index is 12.9. The second-order valence-corrected chi connectivity index (χ2v) is 10.8. The third kappa shape index (κ3) is 3.50. The fourth-order valence-electron chi connectivity index (χ4n) is 3.37. The number of anilines is 1. The highest BCUT2D eigenvalue weighted by Crippen LogP contribution is 2.30. The van der Waals surface area contributed by atoms with Crippen LogP contribution in [-0.2, 0) is 19.9 Å². The summed E-state index contributed by atoms with van der Waals surface area (Å²) in [5.74, 6) is 0.109. The Morgan fingerprint density at radius 2 is 1.85 bits per heavy atom. The predicted molar refractivity (Wildman–Crippen MR) is 101 cm³/mol. The van der Waals surface area contributed by atoms with E-state index in [0.29, 0.717) is 23.5 Å². The molecule has 142 valence electrons. The van der Waals surface area contributed by atoms with Crippen molar-refractivity contribution in [3.63, 3.8) is 0 Å². The molecule has 1 aliphatic heterocycles. The molecule has 1 N–H and O–H groups in total. The molecule has 2 aromatic rings. The molecule has 1 aromatic heterocycles. The van der Waals surface area contributed by atoms with E-state index >= 15 is 0 Å². The van der Waals surface area contributed by atoms with Gasteiger partial charge in [0.1, 0.15) is 4.90 Å². The third-order valence-electron chi connectivity index (χ3n) is 4.84. The van der Waals surface area contributed by atoms with Crippen LogP contribution < -0.4 is 4.72 Å². The molecular weight excluding hydrogens is 374 g/mol. The summed E-state index contributed by atoms with van der Waals surface area (Å²) in [4.78, 5) is 0.111. The minimum Gasteiger partial charge on any atom is -0.280 e. The van der Waals surface area contributed by atoms with Crippen molar-refractivity contribution in [1.29, 1.82) is 0 Å². The van der Waals surface area contributed by atoms with Crippen LogP contribution in [-0.4, -0.2) is 38.1 Å². The number of aryl methyl sites for hydroxylation is 3. The number of benzene rings is 1. The number of aromatic nitrogens is 2. The highest BCUT2D eigenvalue weighted by molar-refractivity contribution is 7.92. The molecule has 3 rings (SSSR count). The van der Waals surface area contributed by atoms with E-state index in [1.165, 1.54) is 0 Å². The minimum atomic E-state index is -3.82. The molecule has 0 saturated carbocycles. The van der Waals surface area contributed by atoms with Gasteiger partial charge in [0.2, 0.25) is 0 Å². The van der Waals surface area contributed by atoms with E-state index in [9.17, 15) is 16.8 Å². The van der Waals surface area contributed by atoms with Crippen LogP contribution >= 0.6 is 0 Å². The van der Waals surface area contributed by atoms with Gasteiger partial charge in [-0.3, -0.25) is 9.40 Å². The van der Waals surface area contributed by atoms with Gasteiger partial charge in [-0.2, -0.15) is 5.10 Å². The summed E-state index contributed by atoms with van der Waals surface area (Å²) in [6, 6.07) is 5.05. The summed E-state index contributed by atoms with van der Waals surface area (Å²) < 4.78 is 53.5. The summed E-state index contributed by atoms with van der Waals surface area (Å²) in [7, 11) is -6.91. The molecule has 1 fully saturated rings. The predicted octanol–water partition coefficient (Wildman–Crippen LogP) is 2.28. The summed E-state index contributed by atoms with van der Waals surface area (Å²) in [6.45, 7) is 7.17. The van der Waals surface area contributed by atoms with Crippen LogP contribution in [0.3, 0.4) is 0 Å². The van der Waals surface area contributed by atoms with E-state index in [2.05, 4.69) is 9.82 Å². The van der Waals surface area contributed by atoms with Gasteiger partial charge in [-0.25, -0.2) is 16.8 Å². The molecule has 0 bridgehead atoms. The van der Waals surface area contributed by atoms with Crippen molar-refractivity contribution >= 4 is 25.5 Å². The molecule has 0 aliphatic carbocycles. The minimum absolute atomic E-state index is 0.000959. The average Bonchev–Trinajstić information content (AvgIpc) is 3.02.